The summed E-state index contributed by atoms with van der Waals surface area (Å²) < 4.78 is 5.45. The molecule has 0 aliphatic heterocycles. The van der Waals surface area contributed by atoms with Crippen molar-refractivity contribution in [3.63, 3.8) is 0 Å². The van der Waals surface area contributed by atoms with Gasteiger partial charge in [0.15, 0.2) is 0 Å². The van der Waals surface area contributed by atoms with Gasteiger partial charge in [0.25, 0.3) is 0 Å². The van der Waals surface area contributed by atoms with Gasteiger partial charge < -0.3 is 20.3 Å². The highest BCUT2D eigenvalue weighted by Crippen LogP contribution is 2.17. The van der Waals surface area contributed by atoms with E-state index in [0.29, 0.717) is 19.4 Å². The summed E-state index contributed by atoms with van der Waals surface area (Å²) in [5.74, 6) is -0.0692. The normalized spacial score (nSPS) is 12.7. The highest BCUT2D eigenvalue weighted by molar-refractivity contribution is 5.76. The van der Waals surface area contributed by atoms with Gasteiger partial charge in [-0.15, -0.1) is 0 Å². The molecule has 0 rings (SSSR count). The number of nitrogens with one attached hydrogen (secondary N) is 1. The van der Waals surface area contributed by atoms with E-state index < -0.39 is 12.1 Å². The molecule has 6 nitrogen and oxygen atoms in total. The summed E-state index contributed by atoms with van der Waals surface area (Å²) in [5, 5.41) is 23.1. The molecule has 0 heterocycles. The minimum Gasteiger partial charge on any atom is -0.466 e. The van der Waals surface area contributed by atoms with E-state index in [1.165, 1.54) is 244 Å². The Morgan fingerprint density at radius 2 is 0.738 bits per heavy atom. The molecule has 3 N–H and O–H groups in total. The van der Waals surface area contributed by atoms with Gasteiger partial charge in [0.1, 0.15) is 0 Å². The van der Waals surface area contributed by atoms with Crippen LogP contribution in [0.3, 0.4) is 0 Å². The lowest BCUT2D eigenvalue weighted by atomic mass is 10.0. The minimum atomic E-state index is -0.845. The molecule has 0 bridgehead atoms. The van der Waals surface area contributed by atoms with Crippen LogP contribution in [0, 0.1) is 0 Å². The van der Waals surface area contributed by atoms with Crippen molar-refractivity contribution >= 4 is 11.9 Å². The number of aliphatic hydroxyl groups is 2. The van der Waals surface area contributed by atoms with Crippen LogP contribution in [-0.2, 0) is 14.3 Å². The third kappa shape index (κ3) is 51.6. The van der Waals surface area contributed by atoms with Crippen LogP contribution in [0.4, 0.5) is 0 Å². The molecule has 6 heteroatoms. The predicted molar refractivity (Wildman–Crippen MR) is 283 cm³/mol. The maximum absolute atomic E-state index is 12.5. The Labute approximate surface area is 405 Å². The number of unbranched alkanes of at least 4 members (excludes halogenated alkanes) is 41. The first-order chi connectivity index (χ1) is 32.0. The van der Waals surface area contributed by atoms with Crippen molar-refractivity contribution in [1.29, 1.82) is 0 Å². The fourth-order valence-corrected chi connectivity index (χ4v) is 8.97. The van der Waals surface area contributed by atoms with E-state index in [9.17, 15) is 19.8 Å². The van der Waals surface area contributed by atoms with Crippen molar-refractivity contribution < 1.29 is 24.5 Å². The smallest absolute Gasteiger partial charge is 0.305 e. The second kappa shape index (κ2) is 54.9. The van der Waals surface area contributed by atoms with Crippen LogP contribution in [0.25, 0.3) is 0 Å². The molecule has 0 radical (unpaired) electrons. The summed E-state index contributed by atoms with van der Waals surface area (Å²) in [7, 11) is 0. The van der Waals surface area contributed by atoms with Gasteiger partial charge in [-0.3, -0.25) is 9.59 Å². The van der Waals surface area contributed by atoms with Crippen molar-refractivity contribution in [2.45, 2.75) is 328 Å². The van der Waals surface area contributed by atoms with Crippen LogP contribution in [0.2, 0.25) is 0 Å². The average molecular weight is 917 g/mol. The quantitative estimate of drug-likeness (QED) is 0.0321. The van der Waals surface area contributed by atoms with E-state index in [2.05, 4.69) is 31.3 Å². The summed E-state index contributed by atoms with van der Waals surface area (Å²) >= 11 is 0. The van der Waals surface area contributed by atoms with E-state index in [1.54, 1.807) is 6.08 Å². The zero-order valence-electron chi connectivity index (χ0n) is 43.7. The maximum atomic E-state index is 12.5. The molecule has 0 saturated carbocycles. The van der Waals surface area contributed by atoms with Gasteiger partial charge >= 0.3 is 5.97 Å². The summed E-state index contributed by atoms with van der Waals surface area (Å²) in [6.07, 6.45) is 66.3. The van der Waals surface area contributed by atoms with Gasteiger partial charge in [-0.25, -0.2) is 0 Å². The summed E-state index contributed by atoms with van der Waals surface area (Å²) in [4.78, 5) is 24.4. The number of hydrogen-bond acceptors (Lipinski definition) is 5. The Hall–Kier alpha value is -1.66. The standard InChI is InChI=1S/C59H113NO5/c1-3-5-7-9-11-13-15-16-17-22-25-28-32-35-39-43-47-51-57(62)56(55-61)60-58(63)52-48-44-40-36-33-29-26-23-20-18-19-21-24-27-30-34-38-42-46-50-54-65-59(64)53-49-45-41-37-31-14-12-10-8-6-4-2/h10,12,47,51,56-57,61-62H,3-9,11,13-46,48-50,52-55H2,1-2H3,(H,60,63)/b12-10-,51-47+. The molecule has 0 aromatic rings. The zero-order chi connectivity index (χ0) is 47.2. The molecule has 0 aromatic carbocycles. The first-order valence-electron chi connectivity index (χ1n) is 29.1. The lowest BCUT2D eigenvalue weighted by Gasteiger charge is -2.20. The van der Waals surface area contributed by atoms with Crippen LogP contribution >= 0.6 is 0 Å². The summed E-state index contributed by atoms with van der Waals surface area (Å²) in [5.41, 5.74) is 0. The summed E-state index contributed by atoms with van der Waals surface area (Å²) in [6, 6.07) is -0.629. The van der Waals surface area contributed by atoms with Crippen LogP contribution in [0.5, 0.6) is 0 Å². The van der Waals surface area contributed by atoms with Crippen molar-refractivity contribution in [2.75, 3.05) is 13.2 Å². The maximum Gasteiger partial charge on any atom is 0.305 e. The molecular formula is C59H113NO5. The molecule has 2 atom stereocenters. The predicted octanol–water partition coefficient (Wildman–Crippen LogP) is 17.9. The molecular weight excluding hydrogens is 803 g/mol. The highest BCUT2D eigenvalue weighted by atomic mass is 16.5. The Balaban J connectivity index is 3.43. The lowest BCUT2D eigenvalue weighted by Crippen LogP contribution is -2.45. The van der Waals surface area contributed by atoms with Crippen molar-refractivity contribution in [3.05, 3.63) is 24.3 Å². The van der Waals surface area contributed by atoms with Crippen molar-refractivity contribution in [3.8, 4) is 0 Å². The van der Waals surface area contributed by atoms with Crippen molar-refractivity contribution in [1.82, 2.24) is 5.32 Å². The lowest BCUT2D eigenvalue weighted by molar-refractivity contribution is -0.143. The number of rotatable bonds is 54. The van der Waals surface area contributed by atoms with E-state index >= 15 is 0 Å². The molecule has 65 heavy (non-hydrogen) atoms. The molecule has 0 aliphatic carbocycles. The first kappa shape index (κ1) is 63.3. The zero-order valence-corrected chi connectivity index (χ0v) is 43.7. The van der Waals surface area contributed by atoms with Gasteiger partial charge in [0.05, 0.1) is 25.4 Å². The Morgan fingerprint density at radius 1 is 0.415 bits per heavy atom. The molecule has 0 saturated heterocycles. The fourth-order valence-electron chi connectivity index (χ4n) is 8.97. The SMILES string of the molecule is CCCC/C=C\CCCCCCCC(=O)OCCCCCCCCCCCCCCCCCCCCCCC(=O)NC(CO)C(O)/C=C/CCCCCCCCCCCCCCCCC. The molecule has 2 unspecified atom stereocenters. The second-order valence-corrected chi connectivity index (χ2v) is 20.0. The minimum absolute atomic E-state index is 0.00107. The number of allylic oxidation sites excluding steroid dienone is 3. The monoisotopic (exact) mass is 916 g/mol. The van der Waals surface area contributed by atoms with Gasteiger partial charge in [0.2, 0.25) is 5.91 Å². The van der Waals surface area contributed by atoms with Gasteiger partial charge in [0, 0.05) is 12.8 Å². The summed E-state index contributed by atoms with van der Waals surface area (Å²) in [6.45, 7) is 4.87. The number of hydrogen-bond donors (Lipinski definition) is 3. The van der Waals surface area contributed by atoms with Crippen molar-refractivity contribution in [2.24, 2.45) is 0 Å². The molecule has 0 spiro atoms. The van der Waals surface area contributed by atoms with Gasteiger partial charge in [-0.2, -0.15) is 0 Å². The van der Waals surface area contributed by atoms with E-state index in [1.807, 2.05) is 6.08 Å². The number of aliphatic hydroxyl groups excluding tert-OH is 2. The highest BCUT2D eigenvalue weighted by Gasteiger charge is 2.18. The van der Waals surface area contributed by atoms with E-state index in [0.717, 1.165) is 44.9 Å². The van der Waals surface area contributed by atoms with Gasteiger partial charge in [-0.05, 0) is 51.4 Å². The first-order valence-corrected chi connectivity index (χ1v) is 29.1. The van der Waals surface area contributed by atoms with Crippen LogP contribution in [0.1, 0.15) is 316 Å². The topological polar surface area (TPSA) is 95.9 Å². The van der Waals surface area contributed by atoms with E-state index in [4.69, 9.17) is 4.74 Å². The molecule has 0 aliphatic rings. The number of amides is 1. The van der Waals surface area contributed by atoms with Crippen LogP contribution < -0.4 is 5.32 Å². The molecule has 1 amide bonds. The average Bonchev–Trinajstić information content (AvgIpc) is 3.31. The fraction of sp³-hybridized carbons (Fsp3) is 0.898. The third-order valence-electron chi connectivity index (χ3n) is 13.5. The largest absolute Gasteiger partial charge is 0.466 e. The van der Waals surface area contributed by atoms with Gasteiger partial charge in [-0.1, -0.05) is 276 Å². The number of carbonyl (C=O) groups is 2. The number of esters is 1. The Kier molecular flexibility index (Phi) is 53.5. The number of ether oxygens (including phenoxy) is 1. The van der Waals surface area contributed by atoms with Crippen LogP contribution in [0.15, 0.2) is 24.3 Å². The van der Waals surface area contributed by atoms with E-state index in [-0.39, 0.29) is 18.5 Å². The molecule has 0 aromatic heterocycles. The second-order valence-electron chi connectivity index (χ2n) is 20.0. The molecule has 384 valence electrons. The Morgan fingerprint density at radius 3 is 1.14 bits per heavy atom. The Bertz CT molecular complexity index is 1010. The third-order valence-corrected chi connectivity index (χ3v) is 13.5. The number of carbonyl (C=O) groups excluding carboxylic acids is 2. The molecule has 0 fully saturated rings. The van der Waals surface area contributed by atoms with Crippen LogP contribution in [-0.4, -0.2) is 47.4 Å².